The topological polar surface area (TPSA) is 66.8 Å². The Labute approximate surface area is 139 Å². The molecule has 0 saturated carbocycles. The van der Waals surface area contributed by atoms with Crippen LogP contribution in [0.3, 0.4) is 0 Å². The Balaban J connectivity index is 1.81. The highest BCUT2D eigenvalue weighted by molar-refractivity contribution is 5.99. The maximum Gasteiger partial charge on any atom is 0.303 e. The van der Waals surface area contributed by atoms with Crippen LogP contribution in [0.5, 0.6) is 11.5 Å². The fraction of sp³-hybridized carbons (Fsp3) is 0.333. The van der Waals surface area contributed by atoms with Gasteiger partial charge in [-0.1, -0.05) is 6.07 Å². The van der Waals surface area contributed by atoms with Gasteiger partial charge in [-0.15, -0.1) is 0 Å². The molecule has 126 valence electrons. The Hall–Kier alpha value is -2.76. The zero-order valence-corrected chi connectivity index (χ0v) is 13.9. The van der Waals surface area contributed by atoms with Gasteiger partial charge in [0.2, 0.25) is 12.6 Å². The summed E-state index contributed by atoms with van der Waals surface area (Å²) < 4.78 is 17.6. The molecule has 6 heteroatoms. The SMILES string of the molecule is CC(=O)OCC(=O)c1cc(C)n(Cc2ccc3c(c2)OCO3)c1C. The summed E-state index contributed by atoms with van der Waals surface area (Å²) in [4.78, 5) is 23.1. The van der Waals surface area contributed by atoms with Crippen LogP contribution >= 0.6 is 0 Å². The molecule has 0 amide bonds. The van der Waals surface area contributed by atoms with E-state index >= 15 is 0 Å². The fourth-order valence-electron chi connectivity index (χ4n) is 2.79. The zero-order chi connectivity index (χ0) is 17.3. The van der Waals surface area contributed by atoms with Crippen molar-refractivity contribution >= 4 is 11.8 Å². The van der Waals surface area contributed by atoms with Gasteiger partial charge in [0.1, 0.15) is 0 Å². The number of carbonyl (C=O) groups excluding carboxylic acids is 2. The van der Waals surface area contributed by atoms with Crippen molar-refractivity contribution in [2.24, 2.45) is 0 Å². The van der Waals surface area contributed by atoms with E-state index in [1.165, 1.54) is 6.92 Å². The van der Waals surface area contributed by atoms with Crippen molar-refractivity contribution in [3.63, 3.8) is 0 Å². The normalized spacial score (nSPS) is 12.3. The molecule has 0 saturated heterocycles. The highest BCUT2D eigenvalue weighted by Crippen LogP contribution is 2.33. The standard InChI is InChI=1S/C18H19NO5/c1-11-6-15(16(21)9-22-13(3)20)12(2)19(11)8-14-4-5-17-18(7-14)24-10-23-17/h4-7H,8-10H2,1-3H3. The minimum Gasteiger partial charge on any atom is -0.457 e. The molecule has 2 aromatic rings. The lowest BCUT2D eigenvalue weighted by molar-refractivity contribution is -0.139. The maximum atomic E-state index is 12.2. The average Bonchev–Trinajstić information content (AvgIpc) is 3.11. The summed E-state index contributed by atoms with van der Waals surface area (Å²) in [6.45, 7) is 5.76. The number of hydrogen-bond acceptors (Lipinski definition) is 5. The Morgan fingerprint density at radius 1 is 1.17 bits per heavy atom. The first-order chi connectivity index (χ1) is 11.5. The van der Waals surface area contributed by atoms with E-state index in [0.29, 0.717) is 12.1 Å². The molecular weight excluding hydrogens is 310 g/mol. The Morgan fingerprint density at radius 2 is 1.92 bits per heavy atom. The first kappa shape index (κ1) is 16.1. The summed E-state index contributed by atoms with van der Waals surface area (Å²) in [6, 6.07) is 7.64. The number of aryl methyl sites for hydroxylation is 1. The predicted octanol–water partition coefficient (Wildman–Crippen LogP) is 2.63. The van der Waals surface area contributed by atoms with Crippen molar-refractivity contribution in [2.45, 2.75) is 27.3 Å². The third-order valence-electron chi connectivity index (χ3n) is 4.06. The van der Waals surface area contributed by atoms with E-state index in [2.05, 4.69) is 4.57 Å². The number of esters is 1. The van der Waals surface area contributed by atoms with Crippen LogP contribution in [0.25, 0.3) is 0 Å². The number of hydrogen-bond donors (Lipinski definition) is 0. The van der Waals surface area contributed by atoms with Crippen molar-refractivity contribution in [1.82, 2.24) is 4.57 Å². The molecule has 0 aliphatic carbocycles. The fourth-order valence-corrected chi connectivity index (χ4v) is 2.79. The van der Waals surface area contributed by atoms with Crippen molar-refractivity contribution in [3.05, 3.63) is 46.8 Å². The number of nitrogens with zero attached hydrogens (tertiary/aromatic N) is 1. The van der Waals surface area contributed by atoms with Crippen LogP contribution in [-0.2, 0) is 16.1 Å². The highest BCUT2D eigenvalue weighted by Gasteiger charge is 2.18. The molecule has 2 heterocycles. The number of Topliss-reactive ketones (excluding diaryl/α,β-unsaturated/α-hetero) is 1. The van der Waals surface area contributed by atoms with Crippen LogP contribution in [0.2, 0.25) is 0 Å². The smallest absolute Gasteiger partial charge is 0.303 e. The molecule has 3 rings (SSSR count). The van der Waals surface area contributed by atoms with Gasteiger partial charge < -0.3 is 18.8 Å². The van der Waals surface area contributed by atoms with Gasteiger partial charge >= 0.3 is 5.97 Å². The lowest BCUT2D eigenvalue weighted by atomic mass is 10.1. The second-order valence-corrected chi connectivity index (χ2v) is 5.76. The molecule has 0 atom stereocenters. The largest absolute Gasteiger partial charge is 0.457 e. The number of aromatic nitrogens is 1. The van der Waals surface area contributed by atoms with Crippen LogP contribution in [0.1, 0.15) is 34.2 Å². The number of carbonyl (C=O) groups is 2. The number of benzene rings is 1. The number of ketones is 1. The summed E-state index contributed by atoms with van der Waals surface area (Å²) in [5.41, 5.74) is 3.45. The number of ether oxygens (including phenoxy) is 3. The molecule has 0 radical (unpaired) electrons. The van der Waals surface area contributed by atoms with Crippen LogP contribution in [0.15, 0.2) is 24.3 Å². The highest BCUT2D eigenvalue weighted by atomic mass is 16.7. The van der Waals surface area contributed by atoms with Gasteiger partial charge in [0, 0.05) is 30.4 Å². The van der Waals surface area contributed by atoms with Crippen LogP contribution in [0, 0.1) is 13.8 Å². The molecule has 0 N–H and O–H groups in total. The van der Waals surface area contributed by atoms with Gasteiger partial charge in [0.05, 0.1) is 0 Å². The molecule has 0 spiro atoms. The zero-order valence-electron chi connectivity index (χ0n) is 13.9. The molecule has 6 nitrogen and oxygen atoms in total. The molecule has 0 bridgehead atoms. The third-order valence-corrected chi connectivity index (χ3v) is 4.06. The van der Waals surface area contributed by atoms with Gasteiger partial charge in [0.25, 0.3) is 0 Å². The summed E-state index contributed by atoms with van der Waals surface area (Å²) in [7, 11) is 0. The third kappa shape index (κ3) is 3.13. The van der Waals surface area contributed by atoms with Crippen LogP contribution < -0.4 is 9.47 Å². The van der Waals surface area contributed by atoms with Gasteiger partial charge in [-0.3, -0.25) is 9.59 Å². The predicted molar refractivity (Wildman–Crippen MR) is 86.5 cm³/mol. The minimum absolute atomic E-state index is 0.199. The van der Waals surface area contributed by atoms with Gasteiger partial charge in [-0.25, -0.2) is 0 Å². The van der Waals surface area contributed by atoms with E-state index in [-0.39, 0.29) is 19.2 Å². The molecule has 1 aromatic carbocycles. The second kappa shape index (κ2) is 6.39. The lowest BCUT2D eigenvalue weighted by Gasteiger charge is -2.10. The van der Waals surface area contributed by atoms with Crippen molar-refractivity contribution in [2.75, 3.05) is 13.4 Å². The van der Waals surface area contributed by atoms with Crippen molar-refractivity contribution in [3.8, 4) is 11.5 Å². The van der Waals surface area contributed by atoms with Crippen LogP contribution in [0.4, 0.5) is 0 Å². The lowest BCUT2D eigenvalue weighted by Crippen LogP contribution is -2.13. The number of rotatable bonds is 5. The summed E-state index contributed by atoms with van der Waals surface area (Å²) in [6.07, 6.45) is 0. The van der Waals surface area contributed by atoms with E-state index < -0.39 is 5.97 Å². The second-order valence-electron chi connectivity index (χ2n) is 5.76. The Bertz CT molecular complexity index is 806. The Morgan fingerprint density at radius 3 is 2.67 bits per heavy atom. The monoisotopic (exact) mass is 329 g/mol. The van der Waals surface area contributed by atoms with E-state index in [1.807, 2.05) is 38.1 Å². The van der Waals surface area contributed by atoms with E-state index in [0.717, 1.165) is 28.5 Å². The summed E-state index contributed by atoms with van der Waals surface area (Å²) in [5, 5.41) is 0. The molecule has 1 aromatic heterocycles. The van der Waals surface area contributed by atoms with E-state index in [4.69, 9.17) is 14.2 Å². The van der Waals surface area contributed by atoms with E-state index in [9.17, 15) is 9.59 Å². The first-order valence-electron chi connectivity index (χ1n) is 7.67. The van der Waals surface area contributed by atoms with Crippen molar-refractivity contribution < 1.29 is 23.8 Å². The average molecular weight is 329 g/mol. The number of fused-ring (bicyclic) bond motifs is 1. The Kier molecular flexibility index (Phi) is 4.29. The molecule has 0 unspecified atom stereocenters. The molecular formula is C18H19NO5. The molecule has 24 heavy (non-hydrogen) atoms. The molecule has 1 aliphatic heterocycles. The quantitative estimate of drug-likeness (QED) is 0.623. The minimum atomic E-state index is -0.461. The summed E-state index contributed by atoms with van der Waals surface area (Å²) in [5.74, 6) is 0.825. The van der Waals surface area contributed by atoms with Gasteiger partial charge in [-0.05, 0) is 37.6 Å². The van der Waals surface area contributed by atoms with Crippen LogP contribution in [-0.4, -0.2) is 29.7 Å². The summed E-state index contributed by atoms with van der Waals surface area (Å²) >= 11 is 0. The molecule has 0 fully saturated rings. The first-order valence-corrected chi connectivity index (χ1v) is 7.67. The molecule has 1 aliphatic rings. The maximum absolute atomic E-state index is 12.2. The van der Waals surface area contributed by atoms with Gasteiger partial charge in [0.15, 0.2) is 18.1 Å². The van der Waals surface area contributed by atoms with Crippen molar-refractivity contribution in [1.29, 1.82) is 0 Å². The van der Waals surface area contributed by atoms with E-state index in [1.54, 1.807) is 0 Å². The van der Waals surface area contributed by atoms with Gasteiger partial charge in [-0.2, -0.15) is 0 Å².